The van der Waals surface area contributed by atoms with Crippen LogP contribution in [0.25, 0.3) is 0 Å². The van der Waals surface area contributed by atoms with Gasteiger partial charge in [0.2, 0.25) is 0 Å². The monoisotopic (exact) mass is 383 g/mol. The highest BCUT2D eigenvalue weighted by Gasteiger charge is 2.30. The van der Waals surface area contributed by atoms with Gasteiger partial charge in [-0.05, 0) is 44.4 Å². The number of hydrogen-bond donors (Lipinski definition) is 1. The van der Waals surface area contributed by atoms with E-state index < -0.39 is 33.9 Å². The topological polar surface area (TPSA) is 98.8 Å². The fourth-order valence-electron chi connectivity index (χ4n) is 2.65. The third-order valence-electron chi connectivity index (χ3n) is 4.04. The highest BCUT2D eigenvalue weighted by molar-refractivity contribution is 7.91. The number of hydrogen-bond acceptors (Lipinski definition) is 6. The maximum atomic E-state index is 12.0. The molecule has 1 amide bonds. The Labute approximate surface area is 154 Å². The molecule has 144 valence electrons. The van der Waals surface area contributed by atoms with Crippen LogP contribution in [0.4, 0.5) is 0 Å². The molecule has 1 fully saturated rings. The normalized spacial score (nSPS) is 19.5. The average Bonchev–Trinajstić information content (AvgIpc) is 2.90. The Morgan fingerprint density at radius 3 is 2.77 bits per heavy atom. The third-order valence-corrected chi connectivity index (χ3v) is 5.81. The molecule has 1 heterocycles. The molecule has 0 radical (unpaired) electrons. The molecule has 26 heavy (non-hydrogen) atoms. The second-order valence-corrected chi connectivity index (χ2v) is 8.74. The number of carbonyl (C=O) groups excluding carboxylic acids is 2. The van der Waals surface area contributed by atoms with E-state index in [2.05, 4.69) is 5.32 Å². The van der Waals surface area contributed by atoms with Crippen molar-refractivity contribution in [3.05, 3.63) is 29.8 Å². The molecule has 1 aromatic carbocycles. The van der Waals surface area contributed by atoms with Crippen LogP contribution in [0, 0.1) is 6.92 Å². The van der Waals surface area contributed by atoms with Gasteiger partial charge < -0.3 is 14.8 Å². The lowest BCUT2D eigenvalue weighted by Gasteiger charge is -2.16. The quantitative estimate of drug-likeness (QED) is 0.538. The van der Waals surface area contributed by atoms with Crippen molar-refractivity contribution in [2.75, 3.05) is 18.1 Å². The van der Waals surface area contributed by atoms with Crippen LogP contribution >= 0.6 is 0 Å². The lowest BCUT2D eigenvalue weighted by molar-refractivity contribution is -0.155. The summed E-state index contributed by atoms with van der Waals surface area (Å²) in [6.45, 7) is 3.82. The minimum atomic E-state index is -3.07. The van der Waals surface area contributed by atoms with Gasteiger partial charge in [0.15, 0.2) is 15.9 Å². The van der Waals surface area contributed by atoms with Gasteiger partial charge in [-0.3, -0.25) is 9.59 Å². The van der Waals surface area contributed by atoms with Gasteiger partial charge in [-0.1, -0.05) is 12.1 Å². The van der Waals surface area contributed by atoms with Crippen LogP contribution in [-0.4, -0.2) is 50.6 Å². The van der Waals surface area contributed by atoms with Crippen molar-refractivity contribution < 1.29 is 27.5 Å². The first-order valence-electron chi connectivity index (χ1n) is 8.65. The first kappa shape index (κ1) is 20.2. The van der Waals surface area contributed by atoms with E-state index in [1.165, 1.54) is 6.92 Å². The molecule has 0 aliphatic carbocycles. The average molecular weight is 383 g/mol. The molecule has 0 spiro atoms. The Morgan fingerprint density at radius 2 is 2.12 bits per heavy atom. The van der Waals surface area contributed by atoms with Gasteiger partial charge in [0.05, 0.1) is 18.1 Å². The molecule has 0 unspecified atom stereocenters. The molecule has 1 aliphatic rings. The molecule has 2 rings (SSSR count). The first-order valence-corrected chi connectivity index (χ1v) is 10.5. The number of rotatable bonds is 8. The number of amides is 1. The van der Waals surface area contributed by atoms with Gasteiger partial charge in [0, 0.05) is 12.5 Å². The highest BCUT2D eigenvalue weighted by Crippen LogP contribution is 2.13. The number of benzene rings is 1. The summed E-state index contributed by atoms with van der Waals surface area (Å²) in [7, 11) is -3.07. The molecule has 0 aromatic heterocycles. The van der Waals surface area contributed by atoms with Crippen LogP contribution in [-0.2, 0) is 24.2 Å². The van der Waals surface area contributed by atoms with Crippen LogP contribution in [0.1, 0.15) is 31.7 Å². The highest BCUT2D eigenvalue weighted by atomic mass is 32.2. The predicted octanol–water partition coefficient (Wildman–Crippen LogP) is 1.39. The Balaban J connectivity index is 1.64. The summed E-state index contributed by atoms with van der Waals surface area (Å²) < 4.78 is 33.4. The van der Waals surface area contributed by atoms with Crippen molar-refractivity contribution >= 4 is 21.7 Å². The van der Waals surface area contributed by atoms with E-state index in [-0.39, 0.29) is 17.9 Å². The van der Waals surface area contributed by atoms with Gasteiger partial charge in [0.25, 0.3) is 5.91 Å². The molecule has 8 heteroatoms. The maximum Gasteiger partial charge on any atom is 0.306 e. The minimum absolute atomic E-state index is 0.0598. The van der Waals surface area contributed by atoms with Crippen LogP contribution in [0.3, 0.4) is 0 Å². The predicted molar refractivity (Wildman–Crippen MR) is 96.7 cm³/mol. The molecule has 1 saturated heterocycles. The van der Waals surface area contributed by atoms with Crippen LogP contribution in [0.2, 0.25) is 0 Å². The van der Waals surface area contributed by atoms with Crippen LogP contribution in [0.15, 0.2) is 24.3 Å². The second-order valence-electron chi connectivity index (χ2n) is 6.51. The van der Waals surface area contributed by atoms with Gasteiger partial charge in [-0.2, -0.15) is 0 Å². The lowest BCUT2D eigenvalue weighted by atomic mass is 10.2. The van der Waals surface area contributed by atoms with Crippen LogP contribution in [0.5, 0.6) is 5.75 Å². The molecule has 1 aliphatic heterocycles. The molecular formula is C18H25NO6S. The zero-order valence-corrected chi connectivity index (χ0v) is 15.9. The van der Waals surface area contributed by atoms with Crippen molar-refractivity contribution in [2.24, 2.45) is 0 Å². The van der Waals surface area contributed by atoms with E-state index in [9.17, 15) is 18.0 Å². The largest absolute Gasteiger partial charge is 0.494 e. The van der Waals surface area contributed by atoms with Gasteiger partial charge in [-0.15, -0.1) is 0 Å². The summed E-state index contributed by atoms with van der Waals surface area (Å²) in [5.74, 6) is -0.198. The molecule has 2 atom stereocenters. The smallest absolute Gasteiger partial charge is 0.306 e. The number of esters is 1. The van der Waals surface area contributed by atoms with Gasteiger partial charge >= 0.3 is 5.97 Å². The van der Waals surface area contributed by atoms with Crippen molar-refractivity contribution in [2.45, 2.75) is 45.3 Å². The second kappa shape index (κ2) is 9.02. The number of sulfone groups is 1. The molecule has 1 aromatic rings. The molecular weight excluding hydrogens is 358 g/mol. The van der Waals surface area contributed by atoms with Crippen molar-refractivity contribution in [1.82, 2.24) is 5.32 Å². The lowest BCUT2D eigenvalue weighted by Crippen LogP contribution is -2.42. The van der Waals surface area contributed by atoms with Crippen molar-refractivity contribution in [1.29, 1.82) is 0 Å². The Kier molecular flexibility index (Phi) is 7.02. The summed E-state index contributed by atoms with van der Waals surface area (Å²) >= 11 is 0. The number of aryl methyl sites for hydroxylation is 1. The SMILES string of the molecule is Cc1cccc(OCCCC(=O)O[C@@H](C)C(=O)N[C@@H]2CCS(=O)(=O)C2)c1. The number of nitrogens with one attached hydrogen (secondary N) is 1. The maximum absolute atomic E-state index is 12.0. The Hall–Kier alpha value is -2.09. The van der Waals surface area contributed by atoms with E-state index in [1.54, 1.807) is 0 Å². The Bertz CT molecular complexity index is 746. The first-order chi connectivity index (χ1) is 12.2. The standard InChI is InChI=1S/C18H25NO6S/c1-13-5-3-6-16(11-13)24-9-4-7-17(20)25-14(2)18(21)19-15-8-10-26(22,23)12-15/h3,5-6,11,14-15H,4,7-10,12H2,1-2H3,(H,19,21)/t14-,15+/m0/s1. The van der Waals surface area contributed by atoms with Crippen LogP contribution < -0.4 is 10.1 Å². The van der Waals surface area contributed by atoms with E-state index in [0.717, 1.165) is 11.3 Å². The minimum Gasteiger partial charge on any atom is -0.494 e. The number of carbonyl (C=O) groups is 2. The molecule has 7 nitrogen and oxygen atoms in total. The molecule has 1 N–H and O–H groups in total. The van der Waals surface area contributed by atoms with E-state index in [4.69, 9.17) is 9.47 Å². The fraction of sp³-hybridized carbons (Fsp3) is 0.556. The van der Waals surface area contributed by atoms with Gasteiger partial charge in [-0.25, -0.2) is 8.42 Å². The van der Waals surface area contributed by atoms with E-state index in [0.29, 0.717) is 19.4 Å². The van der Waals surface area contributed by atoms with E-state index in [1.807, 2.05) is 31.2 Å². The summed E-state index contributed by atoms with van der Waals surface area (Å²) in [5.41, 5.74) is 1.09. The van der Waals surface area contributed by atoms with Crippen molar-refractivity contribution in [3.8, 4) is 5.75 Å². The fourth-order valence-corrected chi connectivity index (χ4v) is 4.32. The zero-order chi connectivity index (χ0) is 19.2. The zero-order valence-electron chi connectivity index (χ0n) is 15.1. The summed E-state index contributed by atoms with van der Waals surface area (Å²) in [6.07, 6.45) is 0.0531. The van der Waals surface area contributed by atoms with Crippen molar-refractivity contribution in [3.63, 3.8) is 0 Å². The summed E-state index contributed by atoms with van der Waals surface area (Å²) in [5, 5.41) is 2.61. The summed E-state index contributed by atoms with van der Waals surface area (Å²) in [6, 6.07) is 7.22. The number of ether oxygens (including phenoxy) is 2. The summed E-state index contributed by atoms with van der Waals surface area (Å²) in [4.78, 5) is 23.8. The molecule has 0 saturated carbocycles. The molecule has 0 bridgehead atoms. The van der Waals surface area contributed by atoms with Gasteiger partial charge in [0.1, 0.15) is 5.75 Å². The Morgan fingerprint density at radius 1 is 1.35 bits per heavy atom. The third kappa shape index (κ3) is 6.67. The van der Waals surface area contributed by atoms with E-state index >= 15 is 0 Å².